The first kappa shape index (κ1) is 24.5. The van der Waals surface area contributed by atoms with Gasteiger partial charge in [-0.3, -0.25) is 0 Å². The minimum Gasteiger partial charge on any atom is -0.744 e. The summed E-state index contributed by atoms with van der Waals surface area (Å²) < 4.78 is 46.0. The third kappa shape index (κ3) is 7.81. The van der Waals surface area contributed by atoms with Gasteiger partial charge in [-0.25, -0.2) is 12.8 Å². The van der Waals surface area contributed by atoms with Crippen molar-refractivity contribution in [1.82, 2.24) is 0 Å². The van der Waals surface area contributed by atoms with Gasteiger partial charge < -0.3 is 4.55 Å². The van der Waals surface area contributed by atoms with E-state index in [9.17, 15) is 17.4 Å². The molecule has 0 fully saturated rings. The summed E-state index contributed by atoms with van der Waals surface area (Å²) in [7, 11) is -4.44. The zero-order valence-corrected chi connectivity index (χ0v) is 20.4. The molecule has 0 aliphatic heterocycles. The van der Waals surface area contributed by atoms with E-state index in [4.69, 9.17) is 0 Å². The Morgan fingerprint density at radius 1 is 0.700 bits per heavy atom. The van der Waals surface area contributed by atoms with Crippen molar-refractivity contribution in [2.24, 2.45) is 0 Å². The number of halogens is 2. The molecule has 0 N–H and O–H groups in total. The van der Waals surface area contributed by atoms with Gasteiger partial charge >= 0.3 is 21.2 Å². The molecular weight excluding hydrogens is 514 g/mol. The topological polar surface area (TPSA) is 57.2 Å². The van der Waals surface area contributed by atoms with Crippen LogP contribution >= 0.6 is 0 Å². The molecule has 3 aromatic rings. The van der Waals surface area contributed by atoms with E-state index >= 15 is 0 Å². The maximum Gasteiger partial charge on any atom is 0.357 e. The first-order valence-electron chi connectivity index (χ1n) is 9.62. The first-order valence-corrected chi connectivity index (χ1v) is 13.2. The Kier molecular flexibility index (Phi) is 9.00. The average Bonchev–Trinajstić information content (AvgIpc) is 2.69. The van der Waals surface area contributed by atoms with Gasteiger partial charge in [-0.05, 0) is 71.5 Å². The van der Waals surface area contributed by atoms with E-state index in [1.54, 1.807) is 0 Å². The predicted molar refractivity (Wildman–Crippen MR) is 113 cm³/mol. The van der Waals surface area contributed by atoms with Gasteiger partial charge in [0.05, 0.1) is 4.90 Å². The smallest absolute Gasteiger partial charge is 0.357 e. The largest absolute Gasteiger partial charge is 0.744 e. The summed E-state index contributed by atoms with van der Waals surface area (Å²) in [6.45, 7) is 8.98. The Morgan fingerprint density at radius 2 is 1.07 bits per heavy atom. The Bertz CT molecular complexity index is 978. The van der Waals surface area contributed by atoms with E-state index in [1.165, 1.54) is 18.3 Å². The average molecular weight is 540 g/mol. The fourth-order valence-corrected chi connectivity index (χ4v) is 5.18. The normalized spacial score (nSPS) is 11.3. The van der Waals surface area contributed by atoms with Gasteiger partial charge in [0.1, 0.15) is 15.9 Å². The van der Waals surface area contributed by atoms with Crippen LogP contribution in [0, 0.1) is 13.0 Å². The van der Waals surface area contributed by atoms with Gasteiger partial charge in [0.2, 0.25) is 0 Å². The standard InChI is InChI=1S/C18H22I.C6H5FO3S/c1-13(2)15-5-9-17(10-6-15)19-18-11-7-16(8-12-18)14(3)4;7-5-1-3-6(4-2-5)11(8,9)10/h5-14H,1-4H3;1-4H,(H,8,9,10)/q+1;/p-1. The van der Waals surface area contributed by atoms with E-state index in [-0.39, 0.29) is 21.2 Å². The lowest BCUT2D eigenvalue weighted by Gasteiger charge is -2.04. The van der Waals surface area contributed by atoms with Crippen LogP contribution in [0.4, 0.5) is 4.39 Å². The minimum absolute atomic E-state index is 0.0366. The molecular formula is C24H26FIO3S. The van der Waals surface area contributed by atoms with Crippen molar-refractivity contribution in [3.05, 3.63) is 96.9 Å². The highest BCUT2D eigenvalue weighted by Gasteiger charge is 2.15. The molecule has 3 rings (SSSR count). The van der Waals surface area contributed by atoms with Crippen molar-refractivity contribution in [3.8, 4) is 0 Å². The molecule has 30 heavy (non-hydrogen) atoms. The van der Waals surface area contributed by atoms with Crippen LogP contribution in [0.3, 0.4) is 0 Å². The monoisotopic (exact) mass is 540 g/mol. The summed E-state index contributed by atoms with van der Waals surface area (Å²) in [6, 6.07) is 22.0. The SMILES string of the molecule is CC(C)c1ccc([I+]c2ccc(C(C)C)cc2)cc1.O=S(=O)([O-])c1ccc(F)cc1. The highest BCUT2D eigenvalue weighted by Crippen LogP contribution is 2.13. The molecule has 0 saturated heterocycles. The Hall–Kier alpha value is -1.77. The molecule has 0 spiro atoms. The lowest BCUT2D eigenvalue weighted by molar-refractivity contribution is -0.597. The molecule has 0 aliphatic carbocycles. The van der Waals surface area contributed by atoms with Crippen LogP contribution in [0.25, 0.3) is 0 Å². The summed E-state index contributed by atoms with van der Waals surface area (Å²) in [5.74, 6) is 0.674. The van der Waals surface area contributed by atoms with Crippen molar-refractivity contribution in [2.45, 2.75) is 44.4 Å². The summed E-state index contributed by atoms with van der Waals surface area (Å²) in [5.41, 5.74) is 2.87. The molecule has 0 aliphatic rings. The van der Waals surface area contributed by atoms with Crippen LogP contribution in [0.5, 0.6) is 0 Å². The number of rotatable bonds is 5. The van der Waals surface area contributed by atoms with Gasteiger partial charge in [-0.1, -0.05) is 52.0 Å². The van der Waals surface area contributed by atoms with E-state index in [0.717, 1.165) is 24.3 Å². The third-order valence-electron chi connectivity index (χ3n) is 4.39. The molecule has 160 valence electrons. The summed E-state index contributed by atoms with van der Waals surface area (Å²) in [6.07, 6.45) is 0. The van der Waals surface area contributed by atoms with Gasteiger partial charge in [0.15, 0.2) is 7.14 Å². The van der Waals surface area contributed by atoms with E-state index in [1.807, 2.05) is 0 Å². The number of hydrogen-bond donors (Lipinski definition) is 0. The van der Waals surface area contributed by atoms with Crippen molar-refractivity contribution < 1.29 is 38.6 Å². The third-order valence-corrected chi connectivity index (χ3v) is 7.93. The molecule has 0 bridgehead atoms. The maximum absolute atomic E-state index is 12.2. The van der Waals surface area contributed by atoms with Gasteiger partial charge in [-0.15, -0.1) is 0 Å². The van der Waals surface area contributed by atoms with Gasteiger partial charge in [-0.2, -0.15) is 0 Å². The first-order chi connectivity index (χ1) is 14.1. The maximum atomic E-state index is 12.2. The van der Waals surface area contributed by atoms with E-state index in [2.05, 4.69) is 76.2 Å². The molecule has 6 heteroatoms. The van der Waals surface area contributed by atoms with Crippen LogP contribution in [0.15, 0.2) is 77.7 Å². The van der Waals surface area contributed by atoms with E-state index < -0.39 is 20.8 Å². The molecule has 0 amide bonds. The highest BCUT2D eigenvalue weighted by atomic mass is 127. The van der Waals surface area contributed by atoms with Crippen LogP contribution in [-0.2, 0) is 10.1 Å². The quantitative estimate of drug-likeness (QED) is 0.370. The second kappa shape index (κ2) is 11.0. The highest BCUT2D eigenvalue weighted by molar-refractivity contribution is 7.85. The summed E-state index contributed by atoms with van der Waals surface area (Å²) >= 11 is -0.0366. The zero-order valence-electron chi connectivity index (χ0n) is 17.5. The molecule has 0 atom stereocenters. The molecule has 0 saturated carbocycles. The summed E-state index contributed by atoms with van der Waals surface area (Å²) in [5, 5.41) is 0. The lowest BCUT2D eigenvalue weighted by Crippen LogP contribution is -3.61. The van der Waals surface area contributed by atoms with Crippen LogP contribution in [0.2, 0.25) is 0 Å². The van der Waals surface area contributed by atoms with Crippen molar-refractivity contribution >= 4 is 10.1 Å². The van der Waals surface area contributed by atoms with Crippen molar-refractivity contribution in [2.75, 3.05) is 0 Å². The molecule has 0 heterocycles. The molecule has 0 aromatic heterocycles. The second-order valence-corrected chi connectivity index (χ2v) is 11.8. The van der Waals surface area contributed by atoms with Crippen LogP contribution < -0.4 is 21.2 Å². The zero-order chi connectivity index (χ0) is 22.3. The van der Waals surface area contributed by atoms with Gasteiger partial charge in [0.25, 0.3) is 0 Å². The fraction of sp³-hybridized carbons (Fsp3) is 0.250. The molecule has 3 aromatic carbocycles. The Morgan fingerprint density at radius 3 is 1.37 bits per heavy atom. The predicted octanol–water partition coefficient (Wildman–Crippen LogP) is 2.79. The lowest BCUT2D eigenvalue weighted by atomic mass is 10.0. The number of hydrogen-bond acceptors (Lipinski definition) is 3. The molecule has 0 radical (unpaired) electrons. The van der Waals surface area contributed by atoms with Crippen molar-refractivity contribution in [1.29, 1.82) is 0 Å². The van der Waals surface area contributed by atoms with Crippen LogP contribution in [0.1, 0.15) is 50.7 Å². The van der Waals surface area contributed by atoms with Gasteiger partial charge in [0, 0.05) is 0 Å². The minimum atomic E-state index is -4.44. The Balaban J connectivity index is 0.000000248. The van der Waals surface area contributed by atoms with Crippen molar-refractivity contribution in [3.63, 3.8) is 0 Å². The van der Waals surface area contributed by atoms with E-state index in [0.29, 0.717) is 11.8 Å². The fourth-order valence-electron chi connectivity index (χ4n) is 2.55. The molecule has 3 nitrogen and oxygen atoms in total. The summed E-state index contributed by atoms with van der Waals surface area (Å²) in [4.78, 5) is -0.418. The van der Waals surface area contributed by atoms with Crippen LogP contribution in [-0.4, -0.2) is 13.0 Å². The molecule has 0 unspecified atom stereocenters. The Labute approximate surface area is 189 Å². The second-order valence-electron chi connectivity index (χ2n) is 7.42. The number of benzene rings is 3.